The van der Waals surface area contributed by atoms with Gasteiger partial charge in [0.15, 0.2) is 0 Å². The molecule has 0 aliphatic heterocycles. The molecule has 1 aliphatic carbocycles. The van der Waals surface area contributed by atoms with Gasteiger partial charge < -0.3 is 4.74 Å². The molecule has 0 amide bonds. The monoisotopic (exact) mass is 321 g/mol. The van der Waals surface area contributed by atoms with Crippen LogP contribution in [0.5, 0.6) is 5.75 Å². The van der Waals surface area contributed by atoms with Gasteiger partial charge in [0, 0.05) is 17.4 Å². The van der Waals surface area contributed by atoms with Crippen LogP contribution in [0.3, 0.4) is 0 Å². The lowest BCUT2D eigenvalue weighted by Crippen LogP contribution is -1.89. The van der Waals surface area contributed by atoms with E-state index in [1.165, 1.54) is 41.5 Å². The summed E-state index contributed by atoms with van der Waals surface area (Å²) in [5.74, 6) is 0.895. The van der Waals surface area contributed by atoms with E-state index in [9.17, 15) is 0 Å². The predicted molar refractivity (Wildman–Crippen MR) is 95.4 cm³/mol. The summed E-state index contributed by atoms with van der Waals surface area (Å²) in [4.78, 5) is 4.83. The molecule has 0 saturated heterocycles. The number of nitrogens with zero attached hydrogens (tertiary/aromatic N) is 1. The van der Waals surface area contributed by atoms with E-state index in [1.807, 2.05) is 12.1 Å². The highest BCUT2D eigenvalue weighted by atomic mass is 32.1. The number of methoxy groups -OCH3 is 1. The van der Waals surface area contributed by atoms with E-state index in [0.29, 0.717) is 0 Å². The average Bonchev–Trinajstić information content (AvgIpc) is 3.23. The first-order valence-corrected chi connectivity index (χ1v) is 8.89. The van der Waals surface area contributed by atoms with Crippen molar-refractivity contribution < 1.29 is 4.74 Å². The van der Waals surface area contributed by atoms with Crippen LogP contribution in [0, 0.1) is 0 Å². The minimum Gasteiger partial charge on any atom is -0.497 e. The molecule has 4 rings (SSSR count). The van der Waals surface area contributed by atoms with Crippen molar-refractivity contribution in [2.75, 3.05) is 7.11 Å². The molecule has 0 spiro atoms. The largest absolute Gasteiger partial charge is 0.497 e. The second kappa shape index (κ2) is 6.17. The summed E-state index contributed by atoms with van der Waals surface area (Å²) in [7, 11) is 1.69. The minimum absolute atomic E-state index is 0.875. The van der Waals surface area contributed by atoms with Gasteiger partial charge in [0.05, 0.1) is 17.8 Å². The van der Waals surface area contributed by atoms with Crippen LogP contribution in [0.25, 0.3) is 11.3 Å². The number of thiazole rings is 1. The maximum absolute atomic E-state index is 5.20. The molecule has 0 atom stereocenters. The van der Waals surface area contributed by atoms with Gasteiger partial charge in [0.1, 0.15) is 5.75 Å². The molecule has 23 heavy (non-hydrogen) atoms. The zero-order chi connectivity index (χ0) is 15.6. The number of hydrogen-bond donors (Lipinski definition) is 0. The Morgan fingerprint density at radius 3 is 2.70 bits per heavy atom. The smallest absolute Gasteiger partial charge is 0.118 e. The van der Waals surface area contributed by atoms with E-state index in [4.69, 9.17) is 9.72 Å². The van der Waals surface area contributed by atoms with Crippen molar-refractivity contribution in [2.24, 2.45) is 0 Å². The third-order valence-corrected chi connectivity index (χ3v) is 5.31. The maximum atomic E-state index is 5.20. The van der Waals surface area contributed by atoms with Crippen LogP contribution in [0.1, 0.15) is 28.1 Å². The van der Waals surface area contributed by atoms with Gasteiger partial charge in [-0.15, -0.1) is 11.3 Å². The molecule has 0 saturated carbocycles. The average molecular weight is 321 g/mol. The zero-order valence-electron chi connectivity index (χ0n) is 13.2. The van der Waals surface area contributed by atoms with E-state index in [1.54, 1.807) is 18.4 Å². The predicted octanol–water partition coefficient (Wildman–Crippen LogP) is 4.90. The number of rotatable bonds is 4. The number of benzene rings is 2. The first-order chi connectivity index (χ1) is 11.3. The lowest BCUT2D eigenvalue weighted by atomic mass is 10.1. The summed E-state index contributed by atoms with van der Waals surface area (Å²) in [6.45, 7) is 0. The first-order valence-electron chi connectivity index (χ1n) is 8.01. The van der Waals surface area contributed by atoms with Crippen molar-refractivity contribution >= 4 is 11.3 Å². The van der Waals surface area contributed by atoms with Crippen LogP contribution in [0.4, 0.5) is 0 Å². The molecule has 0 fully saturated rings. The summed E-state index contributed by atoms with van der Waals surface area (Å²) in [5, 5.41) is 3.33. The maximum Gasteiger partial charge on any atom is 0.118 e. The van der Waals surface area contributed by atoms with Gasteiger partial charge in [-0.2, -0.15) is 0 Å². The van der Waals surface area contributed by atoms with Gasteiger partial charge in [-0.05, 0) is 54.2 Å². The van der Waals surface area contributed by atoms with Crippen LogP contribution in [-0.2, 0) is 19.3 Å². The van der Waals surface area contributed by atoms with E-state index >= 15 is 0 Å². The van der Waals surface area contributed by atoms with Gasteiger partial charge in [-0.3, -0.25) is 0 Å². The Kier molecular flexibility index (Phi) is 3.88. The number of aryl methyl sites for hydroxylation is 2. The number of aromatic nitrogens is 1. The second-order valence-electron chi connectivity index (χ2n) is 5.99. The van der Waals surface area contributed by atoms with Gasteiger partial charge in [-0.25, -0.2) is 4.98 Å². The zero-order valence-corrected chi connectivity index (χ0v) is 14.0. The molecule has 0 N–H and O–H groups in total. The molecule has 116 valence electrons. The standard InChI is InChI=1S/C20H19NOS/c1-22-18-9-5-14(6-10-18)11-20-21-19(13-23-20)17-8-7-15-3-2-4-16(15)12-17/h5-10,12-13H,2-4,11H2,1H3. The Morgan fingerprint density at radius 2 is 1.87 bits per heavy atom. The first kappa shape index (κ1) is 14.5. The highest BCUT2D eigenvalue weighted by Crippen LogP contribution is 2.29. The summed E-state index contributed by atoms with van der Waals surface area (Å²) < 4.78 is 5.20. The molecule has 1 aromatic heterocycles. The molecule has 0 radical (unpaired) electrons. The van der Waals surface area contributed by atoms with Crippen LogP contribution in [0.15, 0.2) is 47.8 Å². The van der Waals surface area contributed by atoms with E-state index < -0.39 is 0 Å². The molecule has 2 aromatic carbocycles. The van der Waals surface area contributed by atoms with Crippen molar-refractivity contribution in [3.63, 3.8) is 0 Å². The van der Waals surface area contributed by atoms with Gasteiger partial charge in [0.2, 0.25) is 0 Å². The van der Waals surface area contributed by atoms with Gasteiger partial charge in [0.25, 0.3) is 0 Å². The molecule has 2 nitrogen and oxygen atoms in total. The summed E-state index contributed by atoms with van der Waals surface area (Å²) in [5.41, 5.74) is 6.64. The summed E-state index contributed by atoms with van der Waals surface area (Å²) >= 11 is 1.74. The topological polar surface area (TPSA) is 22.1 Å². The number of ether oxygens (including phenoxy) is 1. The van der Waals surface area contributed by atoms with Crippen LogP contribution in [0.2, 0.25) is 0 Å². The Labute approximate surface area is 140 Å². The van der Waals surface area contributed by atoms with Crippen LogP contribution >= 0.6 is 11.3 Å². The lowest BCUT2D eigenvalue weighted by molar-refractivity contribution is 0.414. The fraction of sp³-hybridized carbons (Fsp3) is 0.250. The highest BCUT2D eigenvalue weighted by molar-refractivity contribution is 7.10. The number of hydrogen-bond acceptors (Lipinski definition) is 3. The van der Waals surface area contributed by atoms with Crippen molar-refractivity contribution in [3.8, 4) is 17.0 Å². The molecule has 0 bridgehead atoms. The fourth-order valence-electron chi connectivity index (χ4n) is 3.17. The minimum atomic E-state index is 0.875. The Hall–Kier alpha value is -2.13. The Balaban J connectivity index is 1.54. The van der Waals surface area contributed by atoms with Gasteiger partial charge >= 0.3 is 0 Å². The quantitative estimate of drug-likeness (QED) is 0.682. The molecular weight excluding hydrogens is 302 g/mol. The van der Waals surface area contributed by atoms with Crippen LogP contribution < -0.4 is 4.74 Å². The fourth-order valence-corrected chi connectivity index (χ4v) is 4.01. The summed E-state index contributed by atoms with van der Waals surface area (Å²) in [6, 6.07) is 15.0. The van der Waals surface area contributed by atoms with Crippen molar-refractivity contribution in [3.05, 3.63) is 69.5 Å². The third-order valence-electron chi connectivity index (χ3n) is 4.46. The highest BCUT2D eigenvalue weighted by Gasteiger charge is 2.13. The van der Waals surface area contributed by atoms with E-state index in [-0.39, 0.29) is 0 Å². The van der Waals surface area contributed by atoms with Crippen molar-refractivity contribution in [2.45, 2.75) is 25.7 Å². The SMILES string of the molecule is COc1ccc(Cc2nc(-c3ccc4c(c3)CCC4)cs2)cc1. The molecule has 1 heterocycles. The van der Waals surface area contributed by atoms with Crippen molar-refractivity contribution in [1.82, 2.24) is 4.98 Å². The normalized spacial score (nSPS) is 13.1. The lowest BCUT2D eigenvalue weighted by Gasteiger charge is -2.03. The van der Waals surface area contributed by atoms with Gasteiger partial charge in [-0.1, -0.05) is 24.3 Å². The third kappa shape index (κ3) is 3.02. The molecule has 1 aliphatic rings. The van der Waals surface area contributed by atoms with Crippen LogP contribution in [-0.4, -0.2) is 12.1 Å². The molecular formula is C20H19NOS. The molecule has 3 heteroatoms. The van der Waals surface area contributed by atoms with E-state index in [0.717, 1.165) is 22.9 Å². The second-order valence-corrected chi connectivity index (χ2v) is 6.93. The Bertz CT molecular complexity index is 820. The number of fused-ring (bicyclic) bond motifs is 1. The molecule has 3 aromatic rings. The Morgan fingerprint density at radius 1 is 1.04 bits per heavy atom. The molecule has 0 unspecified atom stereocenters. The summed E-state index contributed by atoms with van der Waals surface area (Å²) in [6.07, 6.45) is 4.61. The van der Waals surface area contributed by atoms with Crippen molar-refractivity contribution in [1.29, 1.82) is 0 Å². The van der Waals surface area contributed by atoms with E-state index in [2.05, 4.69) is 35.7 Å².